The van der Waals surface area contributed by atoms with Gasteiger partial charge in [0, 0.05) is 23.5 Å². The lowest BCUT2D eigenvalue weighted by molar-refractivity contribution is 0.0889. The van der Waals surface area contributed by atoms with Crippen LogP contribution in [0.3, 0.4) is 0 Å². The number of nitrogens with two attached hydrogens (primary N) is 1. The topological polar surface area (TPSA) is 29.3 Å². The Morgan fingerprint density at radius 2 is 2.24 bits per heavy atom. The predicted octanol–water partition coefficient (Wildman–Crippen LogP) is 2.94. The van der Waals surface area contributed by atoms with E-state index in [0.29, 0.717) is 12.1 Å². The number of fused-ring (bicyclic) bond motifs is 1. The average molecular weight is 250 g/mol. The molecule has 2 aliphatic rings. The summed E-state index contributed by atoms with van der Waals surface area (Å²) in [4.78, 5) is 4.33. The molecule has 3 heteroatoms. The maximum Gasteiger partial charge on any atom is 0.0362 e. The molecule has 1 fully saturated rings. The Labute approximate surface area is 108 Å². The highest BCUT2D eigenvalue weighted by Crippen LogP contribution is 2.39. The number of likely N-dealkylation sites (tertiary alicyclic amines) is 1. The summed E-state index contributed by atoms with van der Waals surface area (Å²) in [5, 5.41) is 2.27. The lowest BCUT2D eigenvalue weighted by Crippen LogP contribution is -2.46. The molecule has 1 saturated heterocycles. The van der Waals surface area contributed by atoms with Crippen LogP contribution in [-0.4, -0.2) is 24.0 Å². The fourth-order valence-corrected chi connectivity index (χ4v) is 4.47. The van der Waals surface area contributed by atoms with E-state index in [0.717, 1.165) is 6.54 Å². The fourth-order valence-electron chi connectivity index (χ4n) is 3.49. The van der Waals surface area contributed by atoms with E-state index in [1.807, 2.05) is 11.3 Å². The molecule has 2 heterocycles. The van der Waals surface area contributed by atoms with E-state index < -0.39 is 0 Å². The van der Waals surface area contributed by atoms with Crippen LogP contribution in [0.25, 0.3) is 0 Å². The molecule has 0 saturated carbocycles. The molecule has 2 N–H and O–H groups in total. The largest absolute Gasteiger partial charge is 0.329 e. The number of rotatable bonds is 2. The summed E-state index contributed by atoms with van der Waals surface area (Å²) >= 11 is 1.94. The zero-order chi connectivity index (χ0) is 11.7. The number of piperidine rings is 1. The molecule has 2 unspecified atom stereocenters. The van der Waals surface area contributed by atoms with E-state index in [1.165, 1.54) is 45.1 Å². The summed E-state index contributed by atoms with van der Waals surface area (Å²) in [5.41, 5.74) is 7.57. The molecule has 1 aromatic heterocycles. The Kier molecular flexibility index (Phi) is 3.50. The van der Waals surface area contributed by atoms with Crippen LogP contribution >= 0.6 is 11.3 Å². The highest BCUT2D eigenvalue weighted by atomic mass is 32.1. The van der Waals surface area contributed by atoms with Crippen molar-refractivity contribution in [2.75, 3.05) is 13.1 Å². The van der Waals surface area contributed by atoms with Crippen LogP contribution in [-0.2, 0) is 6.42 Å². The van der Waals surface area contributed by atoms with Gasteiger partial charge < -0.3 is 5.73 Å². The summed E-state index contributed by atoms with van der Waals surface area (Å²) in [5.74, 6) is 0. The van der Waals surface area contributed by atoms with Crippen LogP contribution in [0.2, 0.25) is 0 Å². The number of nitrogens with zero attached hydrogens (tertiary/aromatic N) is 1. The van der Waals surface area contributed by atoms with Crippen LogP contribution in [0.1, 0.15) is 48.6 Å². The standard InChI is InChI=1S/C14H22N2S/c15-10-11-4-1-2-8-16(11)13-5-3-6-14-12(13)7-9-17-14/h7,9,11,13H,1-6,8,10,15H2. The Morgan fingerprint density at radius 3 is 3.12 bits per heavy atom. The third-order valence-corrected chi connectivity index (χ3v) is 5.36. The fraction of sp³-hybridized carbons (Fsp3) is 0.714. The van der Waals surface area contributed by atoms with Gasteiger partial charge in [-0.1, -0.05) is 6.42 Å². The van der Waals surface area contributed by atoms with E-state index in [4.69, 9.17) is 5.73 Å². The summed E-state index contributed by atoms with van der Waals surface area (Å²) in [6, 6.07) is 3.64. The predicted molar refractivity (Wildman–Crippen MR) is 73.4 cm³/mol. The second-order valence-corrected chi connectivity index (χ2v) is 6.33. The Bertz CT molecular complexity index is 374. The van der Waals surface area contributed by atoms with Crippen molar-refractivity contribution in [3.05, 3.63) is 21.9 Å². The van der Waals surface area contributed by atoms with Gasteiger partial charge >= 0.3 is 0 Å². The Balaban J connectivity index is 1.84. The van der Waals surface area contributed by atoms with Crippen LogP contribution in [0, 0.1) is 0 Å². The van der Waals surface area contributed by atoms with Crippen LogP contribution in [0.15, 0.2) is 11.4 Å². The first kappa shape index (κ1) is 11.7. The van der Waals surface area contributed by atoms with Crippen LogP contribution in [0.5, 0.6) is 0 Å². The highest BCUT2D eigenvalue weighted by molar-refractivity contribution is 7.10. The molecular formula is C14H22N2S. The molecule has 0 bridgehead atoms. The lowest BCUT2D eigenvalue weighted by Gasteiger charge is -2.42. The molecule has 0 aromatic carbocycles. The minimum atomic E-state index is 0.625. The smallest absolute Gasteiger partial charge is 0.0362 e. The van der Waals surface area contributed by atoms with Crippen molar-refractivity contribution in [3.63, 3.8) is 0 Å². The van der Waals surface area contributed by atoms with Crippen molar-refractivity contribution in [2.24, 2.45) is 5.73 Å². The monoisotopic (exact) mass is 250 g/mol. The van der Waals surface area contributed by atoms with E-state index in [-0.39, 0.29) is 0 Å². The van der Waals surface area contributed by atoms with Gasteiger partial charge in [-0.2, -0.15) is 0 Å². The van der Waals surface area contributed by atoms with Crippen molar-refractivity contribution in [1.29, 1.82) is 0 Å². The average Bonchev–Trinajstić information content (AvgIpc) is 2.86. The molecular weight excluding hydrogens is 228 g/mol. The second-order valence-electron chi connectivity index (χ2n) is 5.33. The van der Waals surface area contributed by atoms with E-state index in [1.54, 1.807) is 10.4 Å². The molecule has 1 aliphatic carbocycles. The summed E-state index contributed by atoms with van der Waals surface area (Å²) in [6.45, 7) is 2.08. The SMILES string of the molecule is NCC1CCCCN1C1CCCc2sccc21. The molecule has 0 spiro atoms. The highest BCUT2D eigenvalue weighted by Gasteiger charge is 2.32. The van der Waals surface area contributed by atoms with Gasteiger partial charge in [-0.3, -0.25) is 4.90 Å². The van der Waals surface area contributed by atoms with Crippen molar-refractivity contribution < 1.29 is 0 Å². The first-order chi connectivity index (χ1) is 8.40. The summed E-state index contributed by atoms with van der Waals surface area (Å²) in [6.07, 6.45) is 8.00. The quantitative estimate of drug-likeness (QED) is 0.874. The van der Waals surface area contributed by atoms with Crippen LogP contribution in [0.4, 0.5) is 0 Å². The number of thiophene rings is 1. The van der Waals surface area contributed by atoms with Gasteiger partial charge in [0.1, 0.15) is 0 Å². The third-order valence-electron chi connectivity index (χ3n) is 4.37. The zero-order valence-corrected chi connectivity index (χ0v) is 11.2. The maximum atomic E-state index is 5.96. The van der Waals surface area contributed by atoms with Gasteiger partial charge in [0.2, 0.25) is 0 Å². The Hall–Kier alpha value is -0.380. The first-order valence-electron chi connectivity index (χ1n) is 6.92. The summed E-state index contributed by atoms with van der Waals surface area (Å²) in [7, 11) is 0. The molecule has 3 rings (SSSR count). The molecule has 0 radical (unpaired) electrons. The molecule has 1 aromatic rings. The molecule has 2 atom stereocenters. The molecule has 94 valence electrons. The lowest BCUT2D eigenvalue weighted by atomic mass is 9.89. The second kappa shape index (κ2) is 5.09. The first-order valence-corrected chi connectivity index (χ1v) is 7.80. The van der Waals surface area contributed by atoms with Gasteiger partial charge in [-0.15, -0.1) is 11.3 Å². The number of aryl methyl sites for hydroxylation is 1. The van der Waals surface area contributed by atoms with Gasteiger partial charge in [0.15, 0.2) is 0 Å². The Morgan fingerprint density at radius 1 is 1.29 bits per heavy atom. The van der Waals surface area contributed by atoms with Gasteiger partial charge in [0.25, 0.3) is 0 Å². The van der Waals surface area contributed by atoms with Crippen LogP contribution < -0.4 is 5.73 Å². The van der Waals surface area contributed by atoms with Gasteiger partial charge in [-0.25, -0.2) is 0 Å². The normalized spacial score (nSPS) is 30.2. The van der Waals surface area contributed by atoms with Crippen molar-refractivity contribution >= 4 is 11.3 Å². The van der Waals surface area contributed by atoms with E-state index in [9.17, 15) is 0 Å². The minimum Gasteiger partial charge on any atom is -0.329 e. The van der Waals surface area contributed by atoms with Crippen molar-refractivity contribution in [2.45, 2.75) is 50.6 Å². The molecule has 2 nitrogen and oxygen atoms in total. The molecule has 0 amide bonds. The number of hydrogen-bond donors (Lipinski definition) is 1. The maximum absolute atomic E-state index is 5.96. The van der Waals surface area contributed by atoms with E-state index >= 15 is 0 Å². The molecule has 17 heavy (non-hydrogen) atoms. The molecule has 1 aliphatic heterocycles. The van der Waals surface area contributed by atoms with Crippen molar-refractivity contribution in [3.8, 4) is 0 Å². The van der Waals surface area contributed by atoms with Gasteiger partial charge in [0.05, 0.1) is 0 Å². The van der Waals surface area contributed by atoms with Gasteiger partial charge in [-0.05, 0) is 55.7 Å². The van der Waals surface area contributed by atoms with E-state index in [2.05, 4.69) is 16.3 Å². The summed E-state index contributed by atoms with van der Waals surface area (Å²) < 4.78 is 0. The zero-order valence-electron chi connectivity index (χ0n) is 10.4. The van der Waals surface area contributed by atoms with Crippen molar-refractivity contribution in [1.82, 2.24) is 4.90 Å². The number of hydrogen-bond acceptors (Lipinski definition) is 3. The third kappa shape index (κ3) is 2.16. The minimum absolute atomic E-state index is 0.625.